The molecule has 4 fully saturated rings. The third kappa shape index (κ3) is 5.19. The Morgan fingerprint density at radius 1 is 1.15 bits per heavy atom. The van der Waals surface area contributed by atoms with Crippen molar-refractivity contribution in [3.05, 3.63) is 29.6 Å². The number of benzene rings is 1. The zero-order valence-electron chi connectivity index (χ0n) is 20.6. The predicted molar refractivity (Wildman–Crippen MR) is 125 cm³/mol. The van der Waals surface area contributed by atoms with Gasteiger partial charge in [-0.05, 0) is 77.2 Å². The van der Waals surface area contributed by atoms with E-state index in [0.717, 1.165) is 56.7 Å². The molecule has 188 valence electrons. The highest BCUT2D eigenvalue weighted by molar-refractivity contribution is 5.69. The first kappa shape index (κ1) is 23.8. The van der Waals surface area contributed by atoms with E-state index in [1.165, 1.54) is 6.07 Å². The number of halogens is 1. The Hall–Kier alpha value is -1.90. The Kier molecular flexibility index (Phi) is 6.50. The van der Waals surface area contributed by atoms with E-state index in [1.54, 1.807) is 17.0 Å². The zero-order chi connectivity index (χ0) is 23.9. The minimum atomic E-state index is -0.485. The van der Waals surface area contributed by atoms with Crippen LogP contribution in [-0.2, 0) is 14.2 Å². The lowest BCUT2D eigenvalue weighted by molar-refractivity contribution is -0.109. The van der Waals surface area contributed by atoms with Gasteiger partial charge in [0.15, 0.2) is 0 Å². The largest absolute Gasteiger partial charge is 0.488 e. The lowest BCUT2D eigenvalue weighted by atomic mass is 9.86. The summed E-state index contributed by atoms with van der Waals surface area (Å²) in [5, 5.41) is 0. The summed E-state index contributed by atoms with van der Waals surface area (Å²) in [5.41, 5.74) is 0.268. The summed E-state index contributed by atoms with van der Waals surface area (Å²) in [6, 6.07) is 5.27. The molecule has 0 N–H and O–H groups in total. The number of carbonyl (C=O) groups is 1. The first-order chi connectivity index (χ1) is 16.2. The van der Waals surface area contributed by atoms with Crippen molar-refractivity contribution >= 4 is 6.09 Å². The molecule has 4 aliphatic rings. The van der Waals surface area contributed by atoms with Gasteiger partial charge in [-0.2, -0.15) is 0 Å². The molecule has 34 heavy (non-hydrogen) atoms. The summed E-state index contributed by atoms with van der Waals surface area (Å²) >= 11 is 0. The molecule has 0 aromatic heterocycles. The van der Waals surface area contributed by atoms with Gasteiger partial charge in [-0.3, -0.25) is 4.90 Å². The molecule has 0 aliphatic carbocycles. The summed E-state index contributed by atoms with van der Waals surface area (Å²) in [4.78, 5) is 16.5. The average molecular weight is 477 g/mol. The highest BCUT2D eigenvalue weighted by Gasteiger charge is 2.53. The minimum absolute atomic E-state index is 0.0545. The maximum absolute atomic E-state index is 14.1. The highest BCUT2D eigenvalue weighted by Crippen LogP contribution is 2.41. The second-order valence-corrected chi connectivity index (χ2v) is 11.3. The van der Waals surface area contributed by atoms with Crippen LogP contribution in [0.15, 0.2) is 18.2 Å². The van der Waals surface area contributed by atoms with Crippen LogP contribution in [0.2, 0.25) is 0 Å². The second-order valence-electron chi connectivity index (χ2n) is 11.3. The van der Waals surface area contributed by atoms with E-state index in [2.05, 4.69) is 4.90 Å². The Balaban J connectivity index is 1.14. The number of carbonyl (C=O) groups excluding carboxylic acids is 1. The number of hydrogen-bond donors (Lipinski definition) is 0. The second kappa shape index (κ2) is 9.28. The van der Waals surface area contributed by atoms with Crippen LogP contribution in [0, 0.1) is 5.82 Å². The van der Waals surface area contributed by atoms with E-state index >= 15 is 0 Å². The van der Waals surface area contributed by atoms with Gasteiger partial charge < -0.3 is 23.8 Å². The van der Waals surface area contributed by atoms with Crippen LogP contribution in [0.1, 0.15) is 57.9 Å². The van der Waals surface area contributed by atoms with E-state index < -0.39 is 5.60 Å². The maximum Gasteiger partial charge on any atom is 0.410 e. The molecule has 0 bridgehead atoms. The minimum Gasteiger partial charge on any atom is -0.488 e. The molecule has 1 spiro atoms. The molecule has 7 nitrogen and oxygen atoms in total. The summed E-state index contributed by atoms with van der Waals surface area (Å²) in [7, 11) is 0. The third-order valence-corrected chi connectivity index (χ3v) is 7.44. The van der Waals surface area contributed by atoms with Gasteiger partial charge in [-0.1, -0.05) is 0 Å². The molecule has 4 heterocycles. The molecule has 8 heteroatoms. The molecule has 4 aliphatic heterocycles. The van der Waals surface area contributed by atoms with Gasteiger partial charge in [0.05, 0.1) is 32.9 Å². The molecular formula is C26H37FN2O5. The molecule has 5 rings (SSSR count). The Morgan fingerprint density at radius 2 is 1.91 bits per heavy atom. The average Bonchev–Trinajstić information content (AvgIpc) is 3.43. The number of rotatable bonds is 4. The Morgan fingerprint density at radius 3 is 2.59 bits per heavy atom. The van der Waals surface area contributed by atoms with E-state index in [9.17, 15) is 9.18 Å². The molecule has 0 radical (unpaired) electrons. The number of hydrogen-bond acceptors (Lipinski definition) is 6. The number of piperidine rings is 1. The molecule has 2 atom stereocenters. The monoisotopic (exact) mass is 476 g/mol. The molecule has 4 saturated heterocycles. The third-order valence-electron chi connectivity index (χ3n) is 7.44. The van der Waals surface area contributed by atoms with Crippen LogP contribution in [0.4, 0.5) is 9.18 Å². The lowest BCUT2D eigenvalue weighted by Crippen LogP contribution is -2.64. The fourth-order valence-electron chi connectivity index (χ4n) is 5.69. The fourth-order valence-corrected chi connectivity index (χ4v) is 5.69. The number of nitrogens with zero attached hydrogens (tertiary/aromatic N) is 2. The van der Waals surface area contributed by atoms with Gasteiger partial charge >= 0.3 is 6.09 Å². The molecule has 1 unspecified atom stereocenters. The van der Waals surface area contributed by atoms with Crippen molar-refractivity contribution in [1.29, 1.82) is 0 Å². The number of likely N-dealkylation sites (tertiary alicyclic amines) is 2. The normalized spacial score (nSPS) is 27.7. The SMILES string of the molecule is CC(C)(C)OC(=O)N1CC2(CC(N3CCC(c4cc(F)ccc4O[C@H]4CCOC4)CC3)CO2)C1. The van der Waals surface area contributed by atoms with Gasteiger partial charge in [0, 0.05) is 18.0 Å². The van der Waals surface area contributed by atoms with E-state index in [0.29, 0.717) is 32.3 Å². The molecule has 1 aromatic rings. The molecule has 1 aromatic carbocycles. The number of amides is 1. The summed E-state index contributed by atoms with van der Waals surface area (Å²) in [5.74, 6) is 0.875. The summed E-state index contributed by atoms with van der Waals surface area (Å²) in [6.07, 6.45) is 3.54. The van der Waals surface area contributed by atoms with Crippen molar-refractivity contribution in [2.24, 2.45) is 0 Å². The first-order valence-electron chi connectivity index (χ1n) is 12.6. The molecule has 1 amide bonds. The van der Waals surface area contributed by atoms with Crippen molar-refractivity contribution in [3.63, 3.8) is 0 Å². The van der Waals surface area contributed by atoms with Crippen molar-refractivity contribution in [3.8, 4) is 5.75 Å². The predicted octanol–water partition coefficient (Wildman–Crippen LogP) is 3.95. The topological polar surface area (TPSA) is 60.5 Å². The quantitative estimate of drug-likeness (QED) is 0.656. The van der Waals surface area contributed by atoms with Crippen LogP contribution in [-0.4, -0.2) is 85.2 Å². The van der Waals surface area contributed by atoms with E-state index in [1.807, 2.05) is 20.8 Å². The smallest absolute Gasteiger partial charge is 0.410 e. The fraction of sp³-hybridized carbons (Fsp3) is 0.731. The van der Waals surface area contributed by atoms with E-state index in [4.69, 9.17) is 18.9 Å². The van der Waals surface area contributed by atoms with Crippen LogP contribution < -0.4 is 4.74 Å². The zero-order valence-corrected chi connectivity index (χ0v) is 20.6. The highest BCUT2D eigenvalue weighted by atomic mass is 19.1. The maximum atomic E-state index is 14.1. The lowest BCUT2D eigenvalue weighted by Gasteiger charge is -2.47. The van der Waals surface area contributed by atoms with Crippen molar-refractivity contribution < 1.29 is 28.1 Å². The summed E-state index contributed by atoms with van der Waals surface area (Å²) in [6.45, 7) is 10.8. The molecule has 0 saturated carbocycles. The Bertz CT molecular complexity index is 884. The van der Waals surface area contributed by atoms with Gasteiger partial charge in [0.1, 0.15) is 28.9 Å². The van der Waals surface area contributed by atoms with Gasteiger partial charge in [-0.15, -0.1) is 0 Å². The van der Waals surface area contributed by atoms with Gasteiger partial charge in [-0.25, -0.2) is 9.18 Å². The van der Waals surface area contributed by atoms with Gasteiger partial charge in [0.2, 0.25) is 0 Å². The Labute approximate surface area is 201 Å². The standard InChI is InChI=1S/C26H37FN2O5/c1-25(2,3)34-24(30)29-16-26(17-29)13-20(14-32-26)28-9-6-18(7-10-28)22-12-19(27)4-5-23(22)33-21-8-11-31-15-21/h4-5,12,18,20-21H,6-11,13-17H2,1-3H3/t20?,21-/m0/s1. The van der Waals surface area contributed by atoms with Crippen LogP contribution in [0.3, 0.4) is 0 Å². The van der Waals surface area contributed by atoms with Crippen molar-refractivity contribution in [2.45, 2.75) is 75.7 Å². The van der Waals surface area contributed by atoms with Crippen LogP contribution in [0.25, 0.3) is 0 Å². The molecular weight excluding hydrogens is 439 g/mol. The van der Waals surface area contributed by atoms with Crippen LogP contribution >= 0.6 is 0 Å². The summed E-state index contributed by atoms with van der Waals surface area (Å²) < 4.78 is 37.4. The van der Waals surface area contributed by atoms with E-state index in [-0.39, 0.29) is 29.5 Å². The van der Waals surface area contributed by atoms with Gasteiger partial charge in [0.25, 0.3) is 0 Å². The first-order valence-corrected chi connectivity index (χ1v) is 12.6. The van der Waals surface area contributed by atoms with Crippen molar-refractivity contribution in [1.82, 2.24) is 9.80 Å². The van der Waals surface area contributed by atoms with Crippen molar-refractivity contribution in [2.75, 3.05) is 46.0 Å². The van der Waals surface area contributed by atoms with Crippen LogP contribution in [0.5, 0.6) is 5.75 Å². The number of ether oxygens (including phenoxy) is 4.